The van der Waals surface area contributed by atoms with Crippen LogP contribution in [0.3, 0.4) is 0 Å². The molecule has 0 saturated heterocycles. The molecule has 1 aliphatic carbocycles. The van der Waals surface area contributed by atoms with Gasteiger partial charge in [0.2, 0.25) is 17.7 Å². The van der Waals surface area contributed by atoms with E-state index in [0.717, 1.165) is 12.8 Å². The van der Waals surface area contributed by atoms with E-state index < -0.39 is 0 Å². The van der Waals surface area contributed by atoms with Gasteiger partial charge < -0.3 is 9.73 Å². The molecule has 1 amide bonds. The second kappa shape index (κ2) is 7.35. The number of benzene rings is 1. The van der Waals surface area contributed by atoms with Gasteiger partial charge in [0.1, 0.15) is 5.82 Å². The standard InChI is InChI=1S/C17H20FN3O2/c18-13-8-6-12(7-9-13)17-21-20-16(23-17)11-10-15(22)19-14-4-2-1-3-5-14/h6-9,14H,1-5,10-11H2,(H,19,22). The molecule has 5 nitrogen and oxygen atoms in total. The number of amides is 1. The number of rotatable bonds is 5. The van der Waals surface area contributed by atoms with Crippen molar-refractivity contribution < 1.29 is 13.6 Å². The average molecular weight is 317 g/mol. The van der Waals surface area contributed by atoms with Crippen LogP contribution in [-0.4, -0.2) is 22.1 Å². The van der Waals surface area contributed by atoms with Crippen molar-refractivity contribution in [3.05, 3.63) is 36.0 Å². The van der Waals surface area contributed by atoms with Crippen LogP contribution in [0.15, 0.2) is 28.7 Å². The summed E-state index contributed by atoms with van der Waals surface area (Å²) in [5.74, 6) is 0.474. The average Bonchev–Trinajstić information content (AvgIpc) is 3.04. The Morgan fingerprint density at radius 2 is 1.91 bits per heavy atom. The van der Waals surface area contributed by atoms with Crippen molar-refractivity contribution in [2.24, 2.45) is 0 Å². The Morgan fingerprint density at radius 3 is 2.65 bits per heavy atom. The number of carbonyl (C=O) groups is 1. The molecule has 2 aromatic rings. The summed E-state index contributed by atoms with van der Waals surface area (Å²) >= 11 is 0. The molecule has 3 rings (SSSR count). The minimum Gasteiger partial charge on any atom is -0.421 e. The van der Waals surface area contributed by atoms with E-state index in [0.29, 0.717) is 36.2 Å². The topological polar surface area (TPSA) is 68.0 Å². The maximum atomic E-state index is 12.9. The maximum absolute atomic E-state index is 12.9. The van der Waals surface area contributed by atoms with Gasteiger partial charge in [-0.3, -0.25) is 4.79 Å². The van der Waals surface area contributed by atoms with E-state index in [9.17, 15) is 9.18 Å². The summed E-state index contributed by atoms with van der Waals surface area (Å²) in [6.07, 6.45) is 6.53. The zero-order chi connectivity index (χ0) is 16.1. The van der Waals surface area contributed by atoms with E-state index in [1.54, 1.807) is 12.1 Å². The van der Waals surface area contributed by atoms with Crippen molar-refractivity contribution in [1.82, 2.24) is 15.5 Å². The third-order valence-electron chi connectivity index (χ3n) is 4.09. The lowest BCUT2D eigenvalue weighted by Gasteiger charge is -2.22. The fourth-order valence-corrected chi connectivity index (χ4v) is 2.83. The van der Waals surface area contributed by atoms with Crippen LogP contribution in [0.4, 0.5) is 4.39 Å². The predicted molar refractivity (Wildman–Crippen MR) is 83.0 cm³/mol. The smallest absolute Gasteiger partial charge is 0.247 e. The summed E-state index contributed by atoms with van der Waals surface area (Å²) in [4.78, 5) is 12.0. The van der Waals surface area contributed by atoms with Crippen LogP contribution in [0, 0.1) is 5.82 Å². The molecule has 6 heteroatoms. The normalized spacial score (nSPS) is 15.5. The second-order valence-electron chi connectivity index (χ2n) is 5.91. The number of nitrogens with one attached hydrogen (secondary N) is 1. The largest absolute Gasteiger partial charge is 0.421 e. The number of aromatic nitrogens is 2. The molecule has 122 valence electrons. The Bertz CT molecular complexity index is 648. The summed E-state index contributed by atoms with van der Waals surface area (Å²) < 4.78 is 18.4. The Balaban J connectivity index is 1.50. The highest BCUT2D eigenvalue weighted by Crippen LogP contribution is 2.19. The highest BCUT2D eigenvalue weighted by atomic mass is 19.1. The number of aryl methyl sites for hydroxylation is 1. The molecule has 0 unspecified atom stereocenters. The van der Waals surface area contributed by atoms with Gasteiger partial charge in [-0.2, -0.15) is 0 Å². The Morgan fingerprint density at radius 1 is 1.17 bits per heavy atom. The van der Waals surface area contributed by atoms with Crippen molar-refractivity contribution in [1.29, 1.82) is 0 Å². The van der Waals surface area contributed by atoms with E-state index in [-0.39, 0.29) is 11.7 Å². The van der Waals surface area contributed by atoms with Gasteiger partial charge in [0, 0.05) is 24.4 Å². The lowest BCUT2D eigenvalue weighted by molar-refractivity contribution is -0.122. The molecule has 1 saturated carbocycles. The maximum Gasteiger partial charge on any atom is 0.247 e. The second-order valence-corrected chi connectivity index (χ2v) is 5.91. The number of hydrogen-bond acceptors (Lipinski definition) is 4. The number of carbonyl (C=O) groups excluding carboxylic acids is 1. The van der Waals surface area contributed by atoms with E-state index in [2.05, 4.69) is 15.5 Å². The molecule has 1 N–H and O–H groups in total. The SMILES string of the molecule is O=C(CCc1nnc(-c2ccc(F)cc2)o1)NC1CCCCC1. The zero-order valence-corrected chi connectivity index (χ0v) is 12.9. The molecule has 0 atom stereocenters. The van der Waals surface area contributed by atoms with Gasteiger partial charge in [-0.1, -0.05) is 19.3 Å². The van der Waals surface area contributed by atoms with Gasteiger partial charge in [0.15, 0.2) is 0 Å². The fourth-order valence-electron chi connectivity index (χ4n) is 2.83. The van der Waals surface area contributed by atoms with Crippen LogP contribution in [-0.2, 0) is 11.2 Å². The van der Waals surface area contributed by atoms with E-state index in [4.69, 9.17) is 4.42 Å². The van der Waals surface area contributed by atoms with Gasteiger partial charge in [-0.05, 0) is 37.1 Å². The third kappa shape index (κ3) is 4.37. The molecule has 1 aromatic heterocycles. The van der Waals surface area contributed by atoms with Gasteiger partial charge in [0.25, 0.3) is 0 Å². The lowest BCUT2D eigenvalue weighted by Crippen LogP contribution is -2.36. The molecule has 23 heavy (non-hydrogen) atoms. The molecule has 0 spiro atoms. The summed E-state index contributed by atoms with van der Waals surface area (Å²) in [6, 6.07) is 6.17. The van der Waals surface area contributed by atoms with Crippen molar-refractivity contribution in [2.45, 2.75) is 51.0 Å². The van der Waals surface area contributed by atoms with E-state index in [1.807, 2.05) is 0 Å². The molecular formula is C17H20FN3O2. The van der Waals surface area contributed by atoms with E-state index in [1.165, 1.54) is 31.4 Å². The van der Waals surface area contributed by atoms with Crippen LogP contribution in [0.2, 0.25) is 0 Å². The number of nitrogens with zero attached hydrogens (tertiary/aromatic N) is 2. The Labute approximate surface area is 134 Å². The minimum atomic E-state index is -0.312. The molecule has 1 fully saturated rings. The first-order valence-electron chi connectivity index (χ1n) is 8.08. The number of halogens is 1. The fraction of sp³-hybridized carbons (Fsp3) is 0.471. The highest BCUT2D eigenvalue weighted by Gasteiger charge is 2.16. The van der Waals surface area contributed by atoms with E-state index >= 15 is 0 Å². The monoisotopic (exact) mass is 317 g/mol. The van der Waals surface area contributed by atoms with Crippen molar-refractivity contribution in [2.75, 3.05) is 0 Å². The molecule has 0 bridgehead atoms. The van der Waals surface area contributed by atoms with Crippen molar-refractivity contribution >= 4 is 5.91 Å². The minimum absolute atomic E-state index is 0.0263. The van der Waals surface area contributed by atoms with Crippen LogP contribution in [0.25, 0.3) is 11.5 Å². The van der Waals surface area contributed by atoms with Gasteiger partial charge in [0.05, 0.1) is 0 Å². The third-order valence-corrected chi connectivity index (χ3v) is 4.09. The molecule has 0 aliphatic heterocycles. The predicted octanol–water partition coefficient (Wildman–Crippen LogP) is 3.26. The van der Waals surface area contributed by atoms with Gasteiger partial charge >= 0.3 is 0 Å². The van der Waals surface area contributed by atoms with Gasteiger partial charge in [-0.25, -0.2) is 4.39 Å². The molecule has 1 aromatic carbocycles. The van der Waals surface area contributed by atoms with Crippen LogP contribution in [0.5, 0.6) is 0 Å². The van der Waals surface area contributed by atoms with Crippen LogP contribution >= 0.6 is 0 Å². The van der Waals surface area contributed by atoms with Crippen LogP contribution < -0.4 is 5.32 Å². The summed E-state index contributed by atoms with van der Waals surface area (Å²) in [6.45, 7) is 0. The first-order valence-corrected chi connectivity index (χ1v) is 8.08. The van der Waals surface area contributed by atoms with Crippen LogP contribution in [0.1, 0.15) is 44.4 Å². The van der Waals surface area contributed by atoms with Gasteiger partial charge in [-0.15, -0.1) is 10.2 Å². The van der Waals surface area contributed by atoms with Crippen molar-refractivity contribution in [3.63, 3.8) is 0 Å². The molecule has 0 radical (unpaired) electrons. The lowest BCUT2D eigenvalue weighted by atomic mass is 9.95. The zero-order valence-electron chi connectivity index (χ0n) is 12.9. The first kappa shape index (κ1) is 15.6. The summed E-state index contributed by atoms with van der Waals surface area (Å²) in [7, 11) is 0. The highest BCUT2D eigenvalue weighted by molar-refractivity contribution is 5.76. The Hall–Kier alpha value is -2.24. The summed E-state index contributed by atoms with van der Waals surface area (Å²) in [5, 5.41) is 10.9. The first-order chi connectivity index (χ1) is 11.2. The molecular weight excluding hydrogens is 297 g/mol. The molecule has 1 aliphatic rings. The number of hydrogen-bond donors (Lipinski definition) is 1. The Kier molecular flexibility index (Phi) is 5.00. The molecule has 1 heterocycles. The summed E-state index contributed by atoms with van der Waals surface area (Å²) in [5.41, 5.74) is 0.664. The quantitative estimate of drug-likeness (QED) is 0.919. The van der Waals surface area contributed by atoms with Crippen molar-refractivity contribution in [3.8, 4) is 11.5 Å².